The highest BCUT2D eigenvalue weighted by Gasteiger charge is 2.11. The Morgan fingerprint density at radius 2 is 1.89 bits per heavy atom. The summed E-state index contributed by atoms with van der Waals surface area (Å²) >= 11 is 0. The first-order valence-corrected chi connectivity index (χ1v) is 5.12. The average molecular weight is 373 g/mol. The molecule has 8 heteroatoms. The van der Waals surface area contributed by atoms with Gasteiger partial charge < -0.3 is 9.80 Å². The second-order valence-corrected chi connectivity index (χ2v) is 3.93. The number of guanidine groups is 1. The predicted molar refractivity (Wildman–Crippen MR) is 77.4 cm³/mol. The molecule has 0 N–H and O–H groups in total. The Morgan fingerprint density at radius 3 is 2.33 bits per heavy atom. The van der Waals surface area contributed by atoms with Crippen molar-refractivity contribution in [3.63, 3.8) is 0 Å². The second kappa shape index (κ2) is 7.49. The van der Waals surface area contributed by atoms with E-state index in [9.17, 15) is 8.78 Å². The number of aliphatic imine (C=N–C) groups is 1. The van der Waals surface area contributed by atoms with Gasteiger partial charge in [-0.3, -0.25) is 4.57 Å². The summed E-state index contributed by atoms with van der Waals surface area (Å²) in [5, 5.41) is 0. The van der Waals surface area contributed by atoms with E-state index in [0.29, 0.717) is 5.96 Å². The first-order chi connectivity index (χ1) is 7.93. The van der Waals surface area contributed by atoms with Crippen molar-refractivity contribution in [2.24, 2.45) is 4.99 Å². The highest BCUT2D eigenvalue weighted by atomic mass is 127. The van der Waals surface area contributed by atoms with Crippen molar-refractivity contribution in [2.45, 2.75) is 13.1 Å². The van der Waals surface area contributed by atoms with Crippen LogP contribution in [0.4, 0.5) is 8.78 Å². The molecule has 0 radical (unpaired) electrons. The van der Waals surface area contributed by atoms with Crippen molar-refractivity contribution in [1.82, 2.24) is 19.4 Å². The lowest BCUT2D eigenvalue weighted by atomic mass is 10.6. The molecule has 0 atom stereocenters. The van der Waals surface area contributed by atoms with E-state index in [0.717, 1.165) is 4.57 Å². The quantitative estimate of drug-likeness (QED) is 0.461. The number of aromatic nitrogens is 2. The fraction of sp³-hybridized carbons (Fsp3) is 0.600. The standard InChI is InChI=1S/C10H17F2N5.HI/c1-15(2)10(16(3)4)14-7-8-13-5-6-17(8)9(11)12;/h5-6,9H,7H2,1-4H3;1H. The van der Waals surface area contributed by atoms with Crippen molar-refractivity contribution < 1.29 is 8.78 Å². The van der Waals surface area contributed by atoms with Crippen molar-refractivity contribution in [3.05, 3.63) is 18.2 Å². The van der Waals surface area contributed by atoms with E-state index in [1.54, 1.807) is 0 Å². The van der Waals surface area contributed by atoms with Crippen LogP contribution in [0.3, 0.4) is 0 Å². The minimum Gasteiger partial charge on any atom is -0.349 e. The molecule has 0 aliphatic heterocycles. The minimum absolute atomic E-state index is 0. The van der Waals surface area contributed by atoms with E-state index in [4.69, 9.17) is 0 Å². The molecule has 0 saturated heterocycles. The van der Waals surface area contributed by atoms with Crippen molar-refractivity contribution in [2.75, 3.05) is 28.2 Å². The average Bonchev–Trinajstić information content (AvgIpc) is 2.64. The topological polar surface area (TPSA) is 36.7 Å². The normalized spacial score (nSPS) is 9.94. The summed E-state index contributed by atoms with van der Waals surface area (Å²) in [6, 6.07) is 0. The van der Waals surface area contributed by atoms with Crippen molar-refractivity contribution >= 4 is 29.9 Å². The molecule has 0 aromatic carbocycles. The predicted octanol–water partition coefficient (Wildman–Crippen LogP) is 1.88. The number of nitrogens with zero attached hydrogens (tertiary/aromatic N) is 5. The molecule has 0 aliphatic rings. The van der Waals surface area contributed by atoms with Crippen LogP contribution in [0, 0.1) is 0 Å². The molecular formula is C10H18F2IN5. The van der Waals surface area contributed by atoms with Crippen LogP contribution in [0.15, 0.2) is 17.4 Å². The number of hydrogen-bond acceptors (Lipinski definition) is 2. The highest BCUT2D eigenvalue weighted by molar-refractivity contribution is 14.0. The third-order valence-electron chi connectivity index (χ3n) is 2.12. The summed E-state index contributed by atoms with van der Waals surface area (Å²) in [4.78, 5) is 11.8. The SMILES string of the molecule is CN(C)C(=NCc1nccn1C(F)F)N(C)C.I. The fourth-order valence-electron chi connectivity index (χ4n) is 1.47. The molecule has 0 aliphatic carbocycles. The summed E-state index contributed by atoms with van der Waals surface area (Å²) < 4.78 is 25.9. The Hall–Kier alpha value is -0.930. The molecule has 18 heavy (non-hydrogen) atoms. The summed E-state index contributed by atoms with van der Waals surface area (Å²) in [5.41, 5.74) is 0. The van der Waals surface area contributed by atoms with Gasteiger partial charge in [-0.2, -0.15) is 8.78 Å². The van der Waals surface area contributed by atoms with Crippen LogP contribution in [0.5, 0.6) is 0 Å². The molecule has 0 amide bonds. The lowest BCUT2D eigenvalue weighted by Gasteiger charge is -2.22. The van der Waals surface area contributed by atoms with Gasteiger partial charge in [0, 0.05) is 40.6 Å². The zero-order valence-corrected chi connectivity index (χ0v) is 13.2. The Morgan fingerprint density at radius 1 is 1.33 bits per heavy atom. The second-order valence-electron chi connectivity index (χ2n) is 3.93. The van der Waals surface area contributed by atoms with Crippen LogP contribution in [-0.4, -0.2) is 53.5 Å². The fourth-order valence-corrected chi connectivity index (χ4v) is 1.47. The van der Waals surface area contributed by atoms with Gasteiger partial charge in [0.2, 0.25) is 0 Å². The van der Waals surface area contributed by atoms with E-state index in [1.165, 1.54) is 12.4 Å². The number of hydrogen-bond donors (Lipinski definition) is 0. The molecule has 1 heterocycles. The largest absolute Gasteiger partial charge is 0.349 e. The lowest BCUT2D eigenvalue weighted by molar-refractivity contribution is 0.0671. The molecule has 5 nitrogen and oxygen atoms in total. The maximum absolute atomic E-state index is 12.6. The van der Waals surface area contributed by atoms with Crippen LogP contribution in [0.2, 0.25) is 0 Å². The summed E-state index contributed by atoms with van der Waals surface area (Å²) in [5.74, 6) is 0.954. The monoisotopic (exact) mass is 373 g/mol. The first kappa shape index (κ1) is 17.1. The number of rotatable bonds is 3. The zero-order valence-electron chi connectivity index (χ0n) is 10.8. The van der Waals surface area contributed by atoms with Gasteiger partial charge in [-0.1, -0.05) is 0 Å². The molecule has 0 bridgehead atoms. The van der Waals surface area contributed by atoms with Gasteiger partial charge in [0.1, 0.15) is 12.4 Å². The maximum Gasteiger partial charge on any atom is 0.319 e. The van der Waals surface area contributed by atoms with E-state index < -0.39 is 6.55 Å². The Labute approximate surface area is 123 Å². The summed E-state index contributed by atoms with van der Waals surface area (Å²) in [6.45, 7) is -2.45. The number of imidazole rings is 1. The molecule has 0 unspecified atom stereocenters. The van der Waals surface area contributed by atoms with Crippen LogP contribution < -0.4 is 0 Å². The van der Waals surface area contributed by atoms with Gasteiger partial charge >= 0.3 is 6.55 Å². The minimum atomic E-state index is -2.58. The molecule has 0 saturated carbocycles. The summed E-state index contributed by atoms with van der Waals surface area (Å²) in [6.07, 6.45) is 2.60. The van der Waals surface area contributed by atoms with Crippen molar-refractivity contribution in [3.8, 4) is 0 Å². The summed E-state index contributed by atoms with van der Waals surface area (Å²) in [7, 11) is 7.38. The number of halogens is 3. The van der Waals surface area contributed by atoms with Crippen LogP contribution in [-0.2, 0) is 6.54 Å². The smallest absolute Gasteiger partial charge is 0.319 e. The Bertz CT molecular complexity index is 379. The molecule has 1 rings (SSSR count). The number of alkyl halides is 2. The third-order valence-corrected chi connectivity index (χ3v) is 2.12. The third kappa shape index (κ3) is 4.39. The van der Waals surface area contributed by atoms with Crippen molar-refractivity contribution in [1.29, 1.82) is 0 Å². The molecule has 0 spiro atoms. The van der Waals surface area contributed by atoms with Gasteiger partial charge in [-0.25, -0.2) is 9.98 Å². The van der Waals surface area contributed by atoms with Crippen LogP contribution in [0.25, 0.3) is 0 Å². The maximum atomic E-state index is 12.6. The van der Waals surface area contributed by atoms with Crippen LogP contribution in [0.1, 0.15) is 12.4 Å². The molecule has 0 fully saturated rings. The van der Waals surface area contributed by atoms with Gasteiger partial charge in [0.25, 0.3) is 0 Å². The van der Waals surface area contributed by atoms with Gasteiger partial charge in [-0.05, 0) is 0 Å². The molecule has 1 aromatic heterocycles. The Balaban J connectivity index is 0.00000289. The van der Waals surface area contributed by atoms with E-state index in [-0.39, 0.29) is 36.3 Å². The molecule has 1 aromatic rings. The van der Waals surface area contributed by atoms with Gasteiger partial charge in [0.15, 0.2) is 5.96 Å². The first-order valence-electron chi connectivity index (χ1n) is 5.12. The zero-order chi connectivity index (χ0) is 13.0. The highest BCUT2D eigenvalue weighted by Crippen LogP contribution is 2.13. The lowest BCUT2D eigenvalue weighted by Crippen LogP contribution is -2.35. The van der Waals surface area contributed by atoms with Gasteiger partial charge in [-0.15, -0.1) is 24.0 Å². The van der Waals surface area contributed by atoms with E-state index >= 15 is 0 Å². The molecule has 104 valence electrons. The molecular weight excluding hydrogens is 355 g/mol. The van der Waals surface area contributed by atoms with Crippen LogP contribution >= 0.6 is 24.0 Å². The van der Waals surface area contributed by atoms with E-state index in [1.807, 2.05) is 38.0 Å². The Kier molecular flexibility index (Phi) is 7.11. The van der Waals surface area contributed by atoms with Gasteiger partial charge in [0.05, 0.1) is 0 Å². The van der Waals surface area contributed by atoms with E-state index in [2.05, 4.69) is 9.98 Å².